The summed E-state index contributed by atoms with van der Waals surface area (Å²) in [5.74, 6) is 0. The van der Waals surface area contributed by atoms with Crippen molar-refractivity contribution in [1.29, 1.82) is 0 Å². The van der Waals surface area contributed by atoms with E-state index in [2.05, 4.69) is 4.98 Å². The first-order valence-corrected chi connectivity index (χ1v) is 3.28. The van der Waals surface area contributed by atoms with E-state index in [4.69, 9.17) is 0 Å². The van der Waals surface area contributed by atoms with Crippen molar-refractivity contribution in [3.63, 3.8) is 0 Å². The van der Waals surface area contributed by atoms with Crippen LogP contribution in [0.25, 0.3) is 0 Å². The van der Waals surface area contributed by atoms with Crippen molar-refractivity contribution in [2.75, 3.05) is 0 Å². The van der Waals surface area contributed by atoms with Crippen LogP contribution in [0.1, 0.15) is 29.7 Å². The van der Waals surface area contributed by atoms with Crippen molar-refractivity contribution in [1.82, 2.24) is 4.98 Å². The summed E-state index contributed by atoms with van der Waals surface area (Å²) in [5, 5.41) is 0. The summed E-state index contributed by atoms with van der Waals surface area (Å²) in [7, 11) is 0. The van der Waals surface area contributed by atoms with Gasteiger partial charge in [0, 0.05) is 23.0 Å². The normalized spacial score (nSPS) is 11.6. The maximum Gasteiger partial charge on any atom is 0.266 e. The van der Waals surface area contributed by atoms with E-state index in [1.165, 1.54) is 6.92 Å². The van der Waals surface area contributed by atoms with Gasteiger partial charge in [-0.25, -0.2) is 17.6 Å². The van der Waals surface area contributed by atoms with Crippen molar-refractivity contribution in [3.8, 4) is 0 Å². The zero-order chi connectivity index (χ0) is 9.30. The molecule has 0 saturated carbocycles. The second kappa shape index (κ2) is 3.16. The standard InChI is InChI=1S/C7H7F4N/c1-3-5(7(10)11)4(2-12-3)6(8)9/h2,6-7,12H,1H3. The van der Waals surface area contributed by atoms with Gasteiger partial charge in [0.15, 0.2) is 0 Å². The number of H-pyrrole nitrogens is 1. The third kappa shape index (κ3) is 1.44. The van der Waals surface area contributed by atoms with Crippen LogP contribution in [0.4, 0.5) is 17.6 Å². The van der Waals surface area contributed by atoms with Crippen LogP contribution in [0.2, 0.25) is 0 Å². The highest BCUT2D eigenvalue weighted by atomic mass is 19.3. The number of aryl methyl sites for hydroxylation is 1. The Hall–Kier alpha value is -1.00. The van der Waals surface area contributed by atoms with Gasteiger partial charge < -0.3 is 4.98 Å². The Kier molecular flexibility index (Phi) is 2.40. The number of rotatable bonds is 2. The van der Waals surface area contributed by atoms with Gasteiger partial charge in [0.25, 0.3) is 12.9 Å². The van der Waals surface area contributed by atoms with Gasteiger partial charge in [0.2, 0.25) is 0 Å². The molecule has 1 aromatic rings. The summed E-state index contributed by atoms with van der Waals surface area (Å²) in [6.07, 6.45) is -4.78. The molecule has 0 radical (unpaired) electrons. The maximum atomic E-state index is 12.1. The van der Waals surface area contributed by atoms with Gasteiger partial charge in [0.05, 0.1) is 0 Å². The molecule has 1 N–H and O–H groups in total. The Labute approximate surface area is 66.4 Å². The van der Waals surface area contributed by atoms with E-state index in [1.54, 1.807) is 0 Å². The van der Waals surface area contributed by atoms with Crippen LogP contribution in [0.5, 0.6) is 0 Å². The smallest absolute Gasteiger partial charge is 0.266 e. The fourth-order valence-electron chi connectivity index (χ4n) is 1.03. The van der Waals surface area contributed by atoms with Gasteiger partial charge in [-0.05, 0) is 6.92 Å². The zero-order valence-electron chi connectivity index (χ0n) is 6.24. The van der Waals surface area contributed by atoms with Crippen LogP contribution in [-0.2, 0) is 0 Å². The molecule has 68 valence electrons. The number of halogens is 4. The molecule has 0 amide bonds. The lowest BCUT2D eigenvalue weighted by molar-refractivity contribution is 0.125. The van der Waals surface area contributed by atoms with Crippen LogP contribution in [0.15, 0.2) is 6.20 Å². The summed E-state index contributed by atoms with van der Waals surface area (Å²) < 4.78 is 48.4. The number of aromatic amines is 1. The molecule has 0 spiro atoms. The largest absolute Gasteiger partial charge is 0.364 e. The Morgan fingerprint density at radius 1 is 1.17 bits per heavy atom. The van der Waals surface area contributed by atoms with Crippen LogP contribution in [0.3, 0.4) is 0 Å². The highest BCUT2D eigenvalue weighted by molar-refractivity contribution is 5.32. The molecule has 1 aromatic heterocycles. The van der Waals surface area contributed by atoms with Crippen molar-refractivity contribution in [2.45, 2.75) is 19.8 Å². The minimum atomic E-state index is -2.85. The molecule has 12 heavy (non-hydrogen) atoms. The van der Waals surface area contributed by atoms with E-state index in [9.17, 15) is 17.6 Å². The second-order valence-corrected chi connectivity index (χ2v) is 2.38. The van der Waals surface area contributed by atoms with Gasteiger partial charge in [-0.2, -0.15) is 0 Å². The van der Waals surface area contributed by atoms with Crippen molar-refractivity contribution in [3.05, 3.63) is 23.0 Å². The summed E-state index contributed by atoms with van der Waals surface area (Å²) in [4.78, 5) is 2.34. The molecule has 0 atom stereocenters. The highest BCUT2D eigenvalue weighted by Gasteiger charge is 2.22. The predicted molar refractivity (Wildman–Crippen MR) is 35.4 cm³/mol. The second-order valence-electron chi connectivity index (χ2n) is 2.38. The average Bonchev–Trinajstić information content (AvgIpc) is 2.30. The Bertz CT molecular complexity index is 266. The lowest BCUT2D eigenvalue weighted by atomic mass is 10.1. The van der Waals surface area contributed by atoms with Gasteiger partial charge in [-0.3, -0.25) is 0 Å². The van der Waals surface area contributed by atoms with E-state index < -0.39 is 24.0 Å². The molecule has 1 nitrogen and oxygen atoms in total. The third-order valence-corrected chi connectivity index (χ3v) is 1.61. The molecule has 0 aromatic carbocycles. The summed E-state index contributed by atoms with van der Waals surface area (Å²) >= 11 is 0. The number of nitrogens with one attached hydrogen (secondary N) is 1. The van der Waals surface area contributed by atoms with Crippen molar-refractivity contribution >= 4 is 0 Å². The van der Waals surface area contributed by atoms with E-state index in [0.717, 1.165) is 6.20 Å². The van der Waals surface area contributed by atoms with E-state index in [-0.39, 0.29) is 5.69 Å². The van der Waals surface area contributed by atoms with Crippen LogP contribution >= 0.6 is 0 Å². The monoisotopic (exact) mass is 181 g/mol. The molecule has 0 unspecified atom stereocenters. The average molecular weight is 181 g/mol. The molecule has 0 aliphatic heterocycles. The van der Waals surface area contributed by atoms with E-state index in [1.807, 2.05) is 0 Å². The topological polar surface area (TPSA) is 15.8 Å². The van der Waals surface area contributed by atoms with Gasteiger partial charge in [-0.1, -0.05) is 0 Å². The molecule has 0 aliphatic rings. The Morgan fingerprint density at radius 3 is 2.08 bits per heavy atom. The van der Waals surface area contributed by atoms with Gasteiger partial charge >= 0.3 is 0 Å². The molecule has 5 heteroatoms. The van der Waals surface area contributed by atoms with Crippen molar-refractivity contribution < 1.29 is 17.6 Å². The van der Waals surface area contributed by atoms with E-state index in [0.29, 0.717) is 0 Å². The van der Waals surface area contributed by atoms with Crippen LogP contribution in [-0.4, -0.2) is 4.98 Å². The minimum absolute atomic E-state index is 0.0975. The SMILES string of the molecule is Cc1[nH]cc(C(F)F)c1C(F)F. The fourth-order valence-corrected chi connectivity index (χ4v) is 1.03. The molecule has 0 fully saturated rings. The lowest BCUT2D eigenvalue weighted by Crippen LogP contribution is -1.92. The minimum Gasteiger partial charge on any atom is -0.364 e. The first kappa shape index (κ1) is 9.09. The molecule has 1 rings (SSSR count). The van der Waals surface area contributed by atoms with Crippen molar-refractivity contribution in [2.24, 2.45) is 0 Å². The molecule has 0 saturated heterocycles. The Balaban J connectivity index is 3.12. The molecular weight excluding hydrogens is 174 g/mol. The molecule has 0 aliphatic carbocycles. The highest BCUT2D eigenvalue weighted by Crippen LogP contribution is 2.32. The first-order chi connectivity index (χ1) is 5.54. The summed E-state index contributed by atoms with van der Waals surface area (Å²) in [6, 6.07) is 0. The maximum absolute atomic E-state index is 12.1. The first-order valence-electron chi connectivity index (χ1n) is 3.28. The summed E-state index contributed by atoms with van der Waals surface area (Å²) in [6.45, 7) is 1.34. The number of aromatic nitrogens is 1. The van der Waals surface area contributed by atoms with E-state index >= 15 is 0 Å². The Morgan fingerprint density at radius 2 is 1.75 bits per heavy atom. The van der Waals surface area contributed by atoms with Gasteiger partial charge in [-0.15, -0.1) is 0 Å². The summed E-state index contributed by atoms with van der Waals surface area (Å²) in [5.41, 5.74) is -1.09. The van der Waals surface area contributed by atoms with Crippen LogP contribution in [0, 0.1) is 6.92 Å². The number of alkyl halides is 4. The predicted octanol–water partition coefficient (Wildman–Crippen LogP) is 3.20. The lowest BCUT2D eigenvalue weighted by Gasteiger charge is -2.01. The zero-order valence-corrected chi connectivity index (χ0v) is 6.24. The number of hydrogen-bond acceptors (Lipinski definition) is 0. The molecule has 1 heterocycles. The van der Waals surface area contributed by atoms with Crippen LogP contribution < -0.4 is 0 Å². The third-order valence-electron chi connectivity index (χ3n) is 1.61. The quantitative estimate of drug-likeness (QED) is 0.674. The fraction of sp³-hybridized carbons (Fsp3) is 0.429. The molecular formula is C7H7F4N. The molecule has 0 bridgehead atoms. The number of hydrogen-bond donors (Lipinski definition) is 1. The van der Waals surface area contributed by atoms with Gasteiger partial charge in [0.1, 0.15) is 0 Å².